The van der Waals surface area contributed by atoms with Gasteiger partial charge in [0.25, 0.3) is 0 Å². The van der Waals surface area contributed by atoms with Gasteiger partial charge in [-0.2, -0.15) is 0 Å². The first-order valence-corrected chi connectivity index (χ1v) is 7.23. The van der Waals surface area contributed by atoms with Crippen molar-refractivity contribution < 1.29 is 0 Å². The van der Waals surface area contributed by atoms with E-state index in [2.05, 4.69) is 52.0 Å². The number of likely N-dealkylation sites (N-methyl/N-ethyl adjacent to an activating group) is 1. The van der Waals surface area contributed by atoms with Gasteiger partial charge in [-0.3, -0.25) is 4.90 Å². The van der Waals surface area contributed by atoms with Gasteiger partial charge in [-0.25, -0.2) is 0 Å². The minimum atomic E-state index is 0.369. The third kappa shape index (κ3) is 3.54. The second kappa shape index (κ2) is 5.98. The molecule has 1 saturated carbocycles. The van der Waals surface area contributed by atoms with Crippen molar-refractivity contribution in [3.8, 4) is 0 Å². The van der Waals surface area contributed by atoms with Gasteiger partial charge in [-0.1, -0.05) is 35.0 Å². The van der Waals surface area contributed by atoms with Crippen molar-refractivity contribution in [2.24, 2.45) is 11.7 Å². The molecule has 0 aromatic heterocycles. The molecule has 0 heterocycles. The zero-order valence-corrected chi connectivity index (χ0v) is 12.0. The van der Waals surface area contributed by atoms with Crippen LogP contribution in [-0.2, 0) is 0 Å². The zero-order valence-electron chi connectivity index (χ0n) is 10.4. The summed E-state index contributed by atoms with van der Waals surface area (Å²) >= 11 is 3.48. The molecular weight excluding hydrogens is 276 g/mol. The molecule has 1 aliphatic carbocycles. The molecule has 2 rings (SSSR count). The van der Waals surface area contributed by atoms with Crippen molar-refractivity contribution in [1.82, 2.24) is 4.90 Å². The predicted molar refractivity (Wildman–Crippen MR) is 75.9 cm³/mol. The van der Waals surface area contributed by atoms with E-state index in [9.17, 15) is 0 Å². The van der Waals surface area contributed by atoms with Gasteiger partial charge in [0.05, 0.1) is 0 Å². The summed E-state index contributed by atoms with van der Waals surface area (Å²) in [5.41, 5.74) is 7.29. The zero-order chi connectivity index (χ0) is 12.3. The molecule has 0 bridgehead atoms. The van der Waals surface area contributed by atoms with Gasteiger partial charge in [0, 0.05) is 23.6 Å². The third-order valence-electron chi connectivity index (χ3n) is 3.51. The molecule has 2 nitrogen and oxygen atoms in total. The van der Waals surface area contributed by atoms with E-state index in [1.165, 1.54) is 24.9 Å². The van der Waals surface area contributed by atoms with Crippen LogP contribution in [-0.4, -0.2) is 24.5 Å². The van der Waals surface area contributed by atoms with Gasteiger partial charge in [-0.05, 0) is 43.0 Å². The first-order valence-electron chi connectivity index (χ1n) is 6.44. The van der Waals surface area contributed by atoms with E-state index in [4.69, 9.17) is 5.73 Å². The highest BCUT2D eigenvalue weighted by Gasteiger charge is 2.27. The molecule has 1 aliphatic rings. The van der Waals surface area contributed by atoms with Crippen LogP contribution < -0.4 is 5.73 Å². The molecule has 0 aliphatic heterocycles. The molecule has 2 N–H and O–H groups in total. The molecule has 1 aromatic rings. The van der Waals surface area contributed by atoms with Crippen LogP contribution in [0.25, 0.3) is 0 Å². The Morgan fingerprint density at radius 3 is 2.47 bits per heavy atom. The van der Waals surface area contributed by atoms with E-state index in [0.29, 0.717) is 12.6 Å². The average molecular weight is 297 g/mol. The lowest BCUT2D eigenvalue weighted by Crippen LogP contribution is -2.35. The largest absolute Gasteiger partial charge is 0.329 e. The maximum atomic E-state index is 5.96. The highest BCUT2D eigenvalue weighted by molar-refractivity contribution is 9.10. The predicted octanol–water partition coefficient (Wildman–Crippen LogP) is 3.18. The number of benzene rings is 1. The van der Waals surface area contributed by atoms with E-state index in [1.807, 2.05) is 0 Å². The SMILES string of the molecule is CCN(CC1CC1)C(CN)c1ccc(Br)cc1. The van der Waals surface area contributed by atoms with E-state index in [0.717, 1.165) is 16.9 Å². The molecule has 3 heteroatoms. The molecule has 94 valence electrons. The maximum Gasteiger partial charge on any atom is 0.0470 e. The van der Waals surface area contributed by atoms with Gasteiger partial charge in [0.15, 0.2) is 0 Å². The number of rotatable bonds is 6. The summed E-state index contributed by atoms with van der Waals surface area (Å²) in [5, 5.41) is 0. The maximum absolute atomic E-state index is 5.96. The smallest absolute Gasteiger partial charge is 0.0470 e. The molecule has 17 heavy (non-hydrogen) atoms. The summed E-state index contributed by atoms with van der Waals surface area (Å²) in [6.45, 7) is 5.20. The average Bonchev–Trinajstić information content (AvgIpc) is 3.15. The molecule has 1 fully saturated rings. The Labute approximate surface area is 112 Å². The van der Waals surface area contributed by atoms with E-state index >= 15 is 0 Å². The number of nitrogens with zero attached hydrogens (tertiary/aromatic N) is 1. The molecule has 0 spiro atoms. The molecule has 0 radical (unpaired) electrons. The first kappa shape index (κ1) is 13.1. The van der Waals surface area contributed by atoms with Crippen molar-refractivity contribution in [2.75, 3.05) is 19.6 Å². The van der Waals surface area contributed by atoms with Crippen molar-refractivity contribution in [3.05, 3.63) is 34.3 Å². The van der Waals surface area contributed by atoms with Crippen LogP contribution in [0.15, 0.2) is 28.7 Å². The lowest BCUT2D eigenvalue weighted by molar-refractivity contribution is 0.203. The number of nitrogens with two attached hydrogens (primary N) is 1. The van der Waals surface area contributed by atoms with Crippen LogP contribution in [0.2, 0.25) is 0 Å². The molecule has 0 amide bonds. The summed E-state index contributed by atoms with van der Waals surface area (Å²) < 4.78 is 1.13. The van der Waals surface area contributed by atoms with Crippen molar-refractivity contribution in [2.45, 2.75) is 25.8 Å². The quantitative estimate of drug-likeness (QED) is 0.874. The molecule has 1 atom stereocenters. The third-order valence-corrected chi connectivity index (χ3v) is 4.04. The monoisotopic (exact) mass is 296 g/mol. The highest BCUT2D eigenvalue weighted by atomic mass is 79.9. The van der Waals surface area contributed by atoms with Crippen LogP contribution in [0.3, 0.4) is 0 Å². The minimum Gasteiger partial charge on any atom is -0.329 e. The lowest BCUT2D eigenvalue weighted by atomic mass is 10.1. The minimum absolute atomic E-state index is 0.369. The van der Waals surface area contributed by atoms with Crippen LogP contribution in [0.1, 0.15) is 31.4 Å². The molecular formula is C14H21BrN2. The van der Waals surface area contributed by atoms with Gasteiger partial charge in [-0.15, -0.1) is 0 Å². The van der Waals surface area contributed by atoms with E-state index in [1.54, 1.807) is 0 Å². The molecule has 1 aromatic carbocycles. The number of hydrogen-bond donors (Lipinski definition) is 1. The summed E-state index contributed by atoms with van der Waals surface area (Å²) in [6, 6.07) is 8.92. The normalized spacial score (nSPS) is 17.4. The molecule has 1 unspecified atom stereocenters. The Kier molecular flexibility index (Phi) is 4.60. The summed E-state index contributed by atoms with van der Waals surface area (Å²) in [7, 11) is 0. The van der Waals surface area contributed by atoms with Crippen molar-refractivity contribution in [1.29, 1.82) is 0 Å². The summed E-state index contributed by atoms with van der Waals surface area (Å²) in [6.07, 6.45) is 2.79. The first-order chi connectivity index (χ1) is 8.24. The fraction of sp³-hybridized carbons (Fsp3) is 0.571. The van der Waals surface area contributed by atoms with Gasteiger partial charge in [0.2, 0.25) is 0 Å². The Hall–Kier alpha value is -0.380. The summed E-state index contributed by atoms with van der Waals surface area (Å²) in [5.74, 6) is 0.916. The Morgan fingerprint density at radius 2 is 2.00 bits per heavy atom. The van der Waals surface area contributed by atoms with Gasteiger partial charge in [0.1, 0.15) is 0 Å². The Morgan fingerprint density at radius 1 is 1.35 bits per heavy atom. The van der Waals surface area contributed by atoms with Crippen molar-refractivity contribution in [3.63, 3.8) is 0 Å². The van der Waals surface area contributed by atoms with Crippen LogP contribution in [0.5, 0.6) is 0 Å². The van der Waals surface area contributed by atoms with Crippen LogP contribution in [0.4, 0.5) is 0 Å². The van der Waals surface area contributed by atoms with Crippen molar-refractivity contribution >= 4 is 15.9 Å². The molecule has 0 saturated heterocycles. The van der Waals surface area contributed by atoms with Gasteiger partial charge < -0.3 is 5.73 Å². The number of halogens is 1. The topological polar surface area (TPSA) is 29.3 Å². The highest BCUT2D eigenvalue weighted by Crippen LogP contribution is 2.32. The second-order valence-corrected chi connectivity index (χ2v) is 5.75. The van der Waals surface area contributed by atoms with Crippen LogP contribution >= 0.6 is 15.9 Å². The van der Waals surface area contributed by atoms with Crippen LogP contribution in [0, 0.1) is 5.92 Å². The van der Waals surface area contributed by atoms with E-state index in [-0.39, 0.29) is 0 Å². The van der Waals surface area contributed by atoms with E-state index < -0.39 is 0 Å². The Balaban J connectivity index is 2.09. The lowest BCUT2D eigenvalue weighted by Gasteiger charge is -2.30. The fourth-order valence-electron chi connectivity index (χ4n) is 2.29. The summed E-state index contributed by atoms with van der Waals surface area (Å²) in [4.78, 5) is 2.51. The second-order valence-electron chi connectivity index (χ2n) is 4.83. The fourth-order valence-corrected chi connectivity index (χ4v) is 2.55. The standard InChI is InChI=1S/C14H21BrN2/c1-2-17(10-11-3-4-11)14(9-16)12-5-7-13(15)8-6-12/h5-8,11,14H,2-4,9-10,16H2,1H3. The number of hydrogen-bond acceptors (Lipinski definition) is 2. The van der Waals surface area contributed by atoms with Gasteiger partial charge >= 0.3 is 0 Å². The Bertz CT molecular complexity index is 346.